The van der Waals surface area contributed by atoms with Crippen molar-refractivity contribution in [3.63, 3.8) is 0 Å². The molecule has 1 aromatic rings. The van der Waals surface area contributed by atoms with Crippen LogP contribution >= 0.6 is 11.3 Å². The van der Waals surface area contributed by atoms with Crippen LogP contribution in [0.1, 0.15) is 69.4 Å². The smallest absolute Gasteiger partial charge is 0.0448 e. The van der Waals surface area contributed by atoms with E-state index in [2.05, 4.69) is 37.5 Å². The van der Waals surface area contributed by atoms with Crippen LogP contribution in [0.25, 0.3) is 0 Å². The van der Waals surface area contributed by atoms with Crippen molar-refractivity contribution in [1.82, 2.24) is 5.32 Å². The average Bonchev–Trinajstić information content (AvgIpc) is 2.93. The molecule has 0 saturated heterocycles. The number of rotatable bonds is 6. The van der Waals surface area contributed by atoms with Crippen LogP contribution in [-0.2, 0) is 6.42 Å². The third-order valence-electron chi connectivity index (χ3n) is 4.79. The topological polar surface area (TPSA) is 12.0 Å². The molecule has 0 spiro atoms. The van der Waals surface area contributed by atoms with E-state index < -0.39 is 0 Å². The standard InChI is InChI=1S/C17H29NS/c1-4-13-9-7-8-10-15(13)16(18-6-3)17-14(5-2)11-12-19-17/h11-13,15-16,18H,4-10H2,1-3H3. The van der Waals surface area contributed by atoms with E-state index in [0.717, 1.165) is 18.4 Å². The lowest BCUT2D eigenvalue weighted by atomic mass is 9.73. The normalized spacial score (nSPS) is 25.4. The molecule has 0 aliphatic heterocycles. The first-order chi connectivity index (χ1) is 9.31. The summed E-state index contributed by atoms with van der Waals surface area (Å²) in [6.45, 7) is 7.99. The number of thiophene rings is 1. The van der Waals surface area contributed by atoms with Crippen LogP contribution in [0.15, 0.2) is 11.4 Å². The monoisotopic (exact) mass is 279 g/mol. The highest BCUT2D eigenvalue weighted by atomic mass is 32.1. The van der Waals surface area contributed by atoms with E-state index in [9.17, 15) is 0 Å². The fourth-order valence-electron chi connectivity index (χ4n) is 3.75. The van der Waals surface area contributed by atoms with Gasteiger partial charge in [-0.1, -0.05) is 46.5 Å². The second-order valence-electron chi connectivity index (χ2n) is 5.82. The van der Waals surface area contributed by atoms with Crippen LogP contribution in [0.3, 0.4) is 0 Å². The van der Waals surface area contributed by atoms with Crippen LogP contribution in [-0.4, -0.2) is 6.54 Å². The van der Waals surface area contributed by atoms with Crippen LogP contribution < -0.4 is 5.32 Å². The van der Waals surface area contributed by atoms with E-state index in [1.54, 1.807) is 10.4 Å². The van der Waals surface area contributed by atoms with Crippen molar-refractivity contribution in [3.8, 4) is 0 Å². The van der Waals surface area contributed by atoms with Crippen molar-refractivity contribution in [2.24, 2.45) is 11.8 Å². The highest BCUT2D eigenvalue weighted by molar-refractivity contribution is 7.10. The fourth-order valence-corrected chi connectivity index (χ4v) is 4.90. The minimum absolute atomic E-state index is 0.602. The van der Waals surface area contributed by atoms with E-state index >= 15 is 0 Å². The number of hydrogen-bond donors (Lipinski definition) is 1. The Morgan fingerprint density at radius 3 is 2.74 bits per heavy atom. The zero-order valence-corrected chi connectivity index (χ0v) is 13.6. The van der Waals surface area contributed by atoms with E-state index in [1.165, 1.54) is 38.5 Å². The molecule has 2 rings (SSSR count). The third-order valence-corrected chi connectivity index (χ3v) is 5.83. The van der Waals surface area contributed by atoms with Crippen molar-refractivity contribution in [3.05, 3.63) is 21.9 Å². The average molecular weight is 279 g/mol. The molecule has 0 amide bonds. The van der Waals surface area contributed by atoms with Crippen LogP contribution in [0, 0.1) is 11.8 Å². The second-order valence-corrected chi connectivity index (χ2v) is 6.76. The van der Waals surface area contributed by atoms with E-state index in [0.29, 0.717) is 6.04 Å². The zero-order valence-electron chi connectivity index (χ0n) is 12.7. The second kappa shape index (κ2) is 7.44. The van der Waals surface area contributed by atoms with E-state index in [4.69, 9.17) is 0 Å². The molecule has 1 aromatic heterocycles. The van der Waals surface area contributed by atoms with Gasteiger partial charge in [0.25, 0.3) is 0 Å². The van der Waals surface area contributed by atoms with Crippen LogP contribution in [0.4, 0.5) is 0 Å². The maximum atomic E-state index is 3.80. The van der Waals surface area contributed by atoms with E-state index in [1.807, 2.05) is 11.3 Å². The van der Waals surface area contributed by atoms with Gasteiger partial charge in [0.15, 0.2) is 0 Å². The Morgan fingerprint density at radius 2 is 2.05 bits per heavy atom. The highest BCUT2D eigenvalue weighted by Gasteiger charge is 2.32. The first-order valence-corrected chi connectivity index (χ1v) is 8.99. The molecule has 1 saturated carbocycles. The van der Waals surface area contributed by atoms with Gasteiger partial charge < -0.3 is 5.32 Å². The lowest BCUT2D eigenvalue weighted by Crippen LogP contribution is -2.34. The zero-order chi connectivity index (χ0) is 13.7. The maximum Gasteiger partial charge on any atom is 0.0448 e. The number of aryl methyl sites for hydroxylation is 1. The Morgan fingerprint density at radius 1 is 1.26 bits per heavy atom. The van der Waals surface area contributed by atoms with E-state index in [-0.39, 0.29) is 0 Å². The molecule has 3 atom stereocenters. The van der Waals surface area contributed by atoms with Gasteiger partial charge in [-0.2, -0.15) is 0 Å². The quantitative estimate of drug-likeness (QED) is 0.756. The van der Waals surface area contributed by atoms with Crippen molar-refractivity contribution in [1.29, 1.82) is 0 Å². The molecule has 0 radical (unpaired) electrons. The van der Waals surface area contributed by atoms with Crippen LogP contribution in [0.2, 0.25) is 0 Å². The van der Waals surface area contributed by atoms with Gasteiger partial charge in [-0.3, -0.25) is 0 Å². The molecular formula is C17H29NS. The molecule has 1 heterocycles. The largest absolute Gasteiger partial charge is 0.309 e. The van der Waals surface area contributed by atoms with Gasteiger partial charge in [-0.05, 0) is 48.2 Å². The molecule has 108 valence electrons. The van der Waals surface area contributed by atoms with Gasteiger partial charge in [0.05, 0.1) is 0 Å². The van der Waals surface area contributed by atoms with Crippen molar-refractivity contribution < 1.29 is 0 Å². The molecular weight excluding hydrogens is 250 g/mol. The van der Waals surface area contributed by atoms with Gasteiger partial charge in [0.2, 0.25) is 0 Å². The Balaban J connectivity index is 2.23. The van der Waals surface area contributed by atoms with Gasteiger partial charge in [0.1, 0.15) is 0 Å². The van der Waals surface area contributed by atoms with Crippen molar-refractivity contribution in [2.45, 2.75) is 65.3 Å². The summed E-state index contributed by atoms with van der Waals surface area (Å²) >= 11 is 1.97. The first-order valence-electron chi connectivity index (χ1n) is 8.11. The summed E-state index contributed by atoms with van der Waals surface area (Å²) in [5, 5.41) is 6.08. The summed E-state index contributed by atoms with van der Waals surface area (Å²) in [7, 11) is 0. The predicted octanol–water partition coefficient (Wildman–Crippen LogP) is 5.18. The predicted molar refractivity (Wildman–Crippen MR) is 85.9 cm³/mol. The summed E-state index contributed by atoms with van der Waals surface area (Å²) in [5.74, 6) is 1.77. The first kappa shape index (κ1) is 15.1. The summed E-state index contributed by atoms with van der Waals surface area (Å²) in [4.78, 5) is 1.62. The van der Waals surface area contributed by atoms with Gasteiger partial charge in [-0.15, -0.1) is 11.3 Å². The SMILES string of the molecule is CCNC(c1sccc1CC)C1CCCCC1CC. The van der Waals surface area contributed by atoms with Crippen LogP contribution in [0.5, 0.6) is 0 Å². The lowest BCUT2D eigenvalue weighted by molar-refractivity contribution is 0.178. The molecule has 2 heteroatoms. The molecule has 1 fully saturated rings. The molecule has 1 N–H and O–H groups in total. The third kappa shape index (κ3) is 3.41. The van der Waals surface area contributed by atoms with Crippen molar-refractivity contribution in [2.75, 3.05) is 6.54 Å². The lowest BCUT2D eigenvalue weighted by Gasteiger charge is -2.37. The molecule has 19 heavy (non-hydrogen) atoms. The summed E-state index contributed by atoms with van der Waals surface area (Å²) in [5.41, 5.74) is 1.57. The van der Waals surface area contributed by atoms with Gasteiger partial charge in [-0.25, -0.2) is 0 Å². The number of nitrogens with one attached hydrogen (secondary N) is 1. The fraction of sp³-hybridized carbons (Fsp3) is 0.765. The number of hydrogen-bond acceptors (Lipinski definition) is 2. The summed E-state index contributed by atoms with van der Waals surface area (Å²) in [6.07, 6.45) is 8.24. The minimum atomic E-state index is 0.602. The molecule has 1 aliphatic rings. The molecule has 3 unspecified atom stereocenters. The Bertz CT molecular complexity index is 371. The summed E-state index contributed by atoms with van der Waals surface area (Å²) in [6, 6.07) is 2.93. The van der Waals surface area contributed by atoms with Gasteiger partial charge >= 0.3 is 0 Å². The highest BCUT2D eigenvalue weighted by Crippen LogP contribution is 2.42. The molecule has 0 aromatic carbocycles. The summed E-state index contributed by atoms with van der Waals surface area (Å²) < 4.78 is 0. The Labute approximate surface area is 122 Å². The molecule has 0 bridgehead atoms. The Hall–Kier alpha value is -0.340. The maximum absolute atomic E-state index is 3.80. The Kier molecular flexibility index (Phi) is 5.90. The minimum Gasteiger partial charge on any atom is -0.309 e. The molecule has 1 aliphatic carbocycles. The van der Waals surface area contributed by atoms with Crippen molar-refractivity contribution >= 4 is 11.3 Å². The van der Waals surface area contributed by atoms with Gasteiger partial charge in [0, 0.05) is 10.9 Å². The molecule has 1 nitrogen and oxygen atoms in total.